The van der Waals surface area contributed by atoms with Crippen molar-refractivity contribution in [1.29, 1.82) is 0 Å². The first-order valence-corrected chi connectivity index (χ1v) is 12.5. The van der Waals surface area contributed by atoms with Crippen molar-refractivity contribution >= 4 is 21.5 Å². The number of benzene rings is 1. The van der Waals surface area contributed by atoms with Crippen LogP contribution in [0.2, 0.25) is 0 Å². The van der Waals surface area contributed by atoms with Gasteiger partial charge >= 0.3 is 6.18 Å². The lowest BCUT2D eigenvalue weighted by atomic mass is 9.80. The molecule has 4 rings (SSSR count). The number of anilines is 1. The second-order valence-corrected chi connectivity index (χ2v) is 10.6. The Balaban J connectivity index is 1.90. The standard InChI is InChI=1S/C24H25F3N4O4S/c1-15-16(2)30-35-21(15)31-36(32,33)23(14-29-17(3)24(25,26)27)13-19(22-28-11-12-34-22)9-10-20(23)18-7-5-4-6-8-18/h4-13,17,20,29,31H,14H2,1-3H3. The minimum Gasteiger partial charge on any atom is -0.445 e. The first-order valence-electron chi connectivity index (χ1n) is 11.1. The molecule has 1 aliphatic rings. The van der Waals surface area contributed by atoms with Gasteiger partial charge in [0.1, 0.15) is 17.1 Å². The smallest absolute Gasteiger partial charge is 0.403 e. The number of halogens is 3. The molecule has 2 aromatic heterocycles. The van der Waals surface area contributed by atoms with Crippen molar-refractivity contribution in [3.63, 3.8) is 0 Å². The van der Waals surface area contributed by atoms with E-state index in [1.54, 1.807) is 56.3 Å². The molecule has 3 aromatic rings. The molecule has 0 saturated carbocycles. The number of nitrogens with one attached hydrogen (secondary N) is 2. The summed E-state index contributed by atoms with van der Waals surface area (Å²) >= 11 is 0. The van der Waals surface area contributed by atoms with Crippen LogP contribution in [0.1, 0.15) is 35.6 Å². The van der Waals surface area contributed by atoms with Crippen molar-refractivity contribution in [2.45, 2.75) is 43.7 Å². The second kappa shape index (κ2) is 9.58. The van der Waals surface area contributed by atoms with Gasteiger partial charge in [-0.2, -0.15) is 13.2 Å². The fourth-order valence-corrected chi connectivity index (χ4v) is 5.70. The minimum atomic E-state index is -4.58. The highest BCUT2D eigenvalue weighted by Crippen LogP contribution is 2.44. The Morgan fingerprint density at radius 1 is 1.19 bits per heavy atom. The quantitative estimate of drug-likeness (QED) is 0.440. The number of hydrogen-bond acceptors (Lipinski definition) is 7. The summed E-state index contributed by atoms with van der Waals surface area (Å²) in [5, 5.41) is 6.18. The van der Waals surface area contributed by atoms with Gasteiger partial charge in [0.25, 0.3) is 0 Å². The third kappa shape index (κ3) is 4.82. The lowest BCUT2D eigenvalue weighted by Crippen LogP contribution is -2.56. The van der Waals surface area contributed by atoms with E-state index in [1.807, 2.05) is 0 Å². The van der Waals surface area contributed by atoms with Crippen LogP contribution >= 0.6 is 0 Å². The van der Waals surface area contributed by atoms with Crippen LogP contribution in [-0.4, -0.2) is 42.1 Å². The molecule has 1 aliphatic carbocycles. The molecule has 0 aliphatic heterocycles. The Morgan fingerprint density at radius 3 is 2.50 bits per heavy atom. The van der Waals surface area contributed by atoms with E-state index >= 15 is 0 Å². The molecule has 0 saturated heterocycles. The van der Waals surface area contributed by atoms with Crippen LogP contribution in [0.3, 0.4) is 0 Å². The summed E-state index contributed by atoms with van der Waals surface area (Å²) < 4.78 is 79.7. The molecule has 8 nitrogen and oxygen atoms in total. The van der Waals surface area contributed by atoms with Gasteiger partial charge in [0.15, 0.2) is 0 Å². The fraction of sp³-hybridized carbons (Fsp3) is 0.333. The van der Waals surface area contributed by atoms with Gasteiger partial charge in [0.2, 0.25) is 21.8 Å². The van der Waals surface area contributed by atoms with Crippen LogP contribution in [0.4, 0.5) is 19.1 Å². The molecule has 0 bridgehead atoms. The Labute approximate surface area is 206 Å². The average molecular weight is 523 g/mol. The van der Waals surface area contributed by atoms with E-state index < -0.39 is 39.5 Å². The normalized spacial score (nSPS) is 21.3. The van der Waals surface area contributed by atoms with Crippen molar-refractivity contribution in [2.75, 3.05) is 11.3 Å². The molecule has 0 spiro atoms. The number of alkyl halides is 3. The third-order valence-corrected chi connectivity index (χ3v) is 8.26. The molecular weight excluding hydrogens is 497 g/mol. The number of hydrogen-bond donors (Lipinski definition) is 2. The molecule has 0 radical (unpaired) electrons. The van der Waals surface area contributed by atoms with E-state index in [2.05, 4.69) is 20.2 Å². The van der Waals surface area contributed by atoms with Gasteiger partial charge in [-0.3, -0.25) is 0 Å². The van der Waals surface area contributed by atoms with Gasteiger partial charge in [0.05, 0.1) is 11.9 Å². The first kappa shape index (κ1) is 25.7. The van der Waals surface area contributed by atoms with E-state index in [0.717, 1.165) is 6.92 Å². The van der Waals surface area contributed by atoms with Crippen LogP contribution in [0.15, 0.2) is 70.0 Å². The van der Waals surface area contributed by atoms with Gasteiger partial charge in [-0.1, -0.05) is 47.6 Å². The van der Waals surface area contributed by atoms with Gasteiger partial charge in [0, 0.05) is 23.6 Å². The van der Waals surface area contributed by atoms with Crippen LogP contribution in [-0.2, 0) is 10.0 Å². The highest BCUT2D eigenvalue weighted by molar-refractivity contribution is 7.94. The Bertz CT molecular complexity index is 1370. The monoisotopic (exact) mass is 522 g/mol. The third-order valence-electron chi connectivity index (χ3n) is 6.29. The summed E-state index contributed by atoms with van der Waals surface area (Å²) in [6, 6.07) is 6.71. The average Bonchev–Trinajstić information content (AvgIpc) is 3.48. The number of allylic oxidation sites excluding steroid dienone is 3. The molecule has 1 aromatic carbocycles. The number of oxazole rings is 1. The first-order chi connectivity index (χ1) is 16.9. The van der Waals surface area contributed by atoms with Crippen LogP contribution in [0.25, 0.3) is 5.57 Å². The molecule has 2 N–H and O–H groups in total. The Kier molecular flexibility index (Phi) is 6.84. The van der Waals surface area contributed by atoms with Crippen LogP contribution in [0, 0.1) is 13.8 Å². The molecule has 3 unspecified atom stereocenters. The van der Waals surface area contributed by atoms with E-state index in [9.17, 15) is 21.6 Å². The summed E-state index contributed by atoms with van der Waals surface area (Å²) in [5.41, 5.74) is 1.84. The van der Waals surface area contributed by atoms with E-state index in [-0.39, 0.29) is 11.8 Å². The fourth-order valence-electron chi connectivity index (χ4n) is 3.97. The topological polar surface area (TPSA) is 110 Å². The van der Waals surface area contributed by atoms with Crippen molar-refractivity contribution in [1.82, 2.24) is 15.5 Å². The maximum Gasteiger partial charge on any atom is 0.403 e. The summed E-state index contributed by atoms with van der Waals surface area (Å²) in [6.45, 7) is 3.63. The number of aryl methyl sites for hydroxylation is 1. The molecule has 0 fully saturated rings. The summed E-state index contributed by atoms with van der Waals surface area (Å²) in [6.07, 6.45) is 2.80. The zero-order valence-corrected chi connectivity index (χ0v) is 20.5. The predicted molar refractivity (Wildman–Crippen MR) is 128 cm³/mol. The van der Waals surface area contributed by atoms with E-state index in [4.69, 9.17) is 8.94 Å². The summed E-state index contributed by atoms with van der Waals surface area (Å²) in [5.74, 6) is -0.844. The van der Waals surface area contributed by atoms with E-state index in [1.165, 1.54) is 18.5 Å². The molecule has 2 heterocycles. The SMILES string of the molecule is Cc1noc(NS(=O)(=O)C2(CNC(C)C(F)(F)F)C=C(c3ncco3)C=CC2c2ccccc2)c1C. The maximum absolute atomic E-state index is 14.1. The van der Waals surface area contributed by atoms with Gasteiger partial charge in [-0.25, -0.2) is 18.1 Å². The molecule has 36 heavy (non-hydrogen) atoms. The van der Waals surface area contributed by atoms with Gasteiger partial charge in [-0.05, 0) is 32.4 Å². The number of aromatic nitrogens is 2. The van der Waals surface area contributed by atoms with Crippen LogP contribution < -0.4 is 10.0 Å². The maximum atomic E-state index is 14.1. The molecule has 12 heteroatoms. The number of rotatable bonds is 8. The van der Waals surface area contributed by atoms with Crippen LogP contribution in [0.5, 0.6) is 0 Å². The Morgan fingerprint density at radius 2 is 1.92 bits per heavy atom. The van der Waals surface area contributed by atoms with Crippen molar-refractivity contribution in [3.8, 4) is 0 Å². The summed E-state index contributed by atoms with van der Waals surface area (Å²) in [7, 11) is -4.48. The molecule has 0 amide bonds. The minimum absolute atomic E-state index is 0.108. The lowest BCUT2D eigenvalue weighted by Gasteiger charge is -2.40. The summed E-state index contributed by atoms with van der Waals surface area (Å²) in [4.78, 5) is 4.09. The predicted octanol–water partition coefficient (Wildman–Crippen LogP) is 4.74. The van der Waals surface area contributed by atoms with Gasteiger partial charge in [-0.15, -0.1) is 0 Å². The largest absolute Gasteiger partial charge is 0.445 e. The van der Waals surface area contributed by atoms with E-state index in [0.29, 0.717) is 22.4 Å². The zero-order valence-electron chi connectivity index (χ0n) is 19.7. The zero-order chi connectivity index (χ0) is 26.1. The second-order valence-electron chi connectivity index (χ2n) is 8.61. The van der Waals surface area contributed by atoms with Gasteiger partial charge < -0.3 is 14.3 Å². The highest BCUT2D eigenvalue weighted by atomic mass is 32.2. The van der Waals surface area contributed by atoms with Crippen molar-refractivity contribution in [2.24, 2.45) is 0 Å². The van der Waals surface area contributed by atoms with Crippen molar-refractivity contribution in [3.05, 3.63) is 83.7 Å². The number of sulfonamides is 1. The molecule has 192 valence electrons. The lowest BCUT2D eigenvalue weighted by molar-refractivity contribution is -0.151. The Hall–Kier alpha value is -3.38. The highest BCUT2D eigenvalue weighted by Gasteiger charge is 2.52. The number of nitrogens with zero attached hydrogens (tertiary/aromatic N) is 2. The van der Waals surface area contributed by atoms with Crippen molar-refractivity contribution < 1.29 is 30.5 Å². The molecule has 3 atom stereocenters. The molecular formula is C24H25F3N4O4S.